The summed E-state index contributed by atoms with van der Waals surface area (Å²) >= 11 is 0. The van der Waals surface area contributed by atoms with Gasteiger partial charge in [0.15, 0.2) is 0 Å². The van der Waals surface area contributed by atoms with Crippen LogP contribution in [0.5, 0.6) is 0 Å². The van der Waals surface area contributed by atoms with Crippen LogP contribution >= 0.6 is 0 Å². The van der Waals surface area contributed by atoms with Gasteiger partial charge in [0.05, 0.1) is 6.04 Å². The van der Waals surface area contributed by atoms with Gasteiger partial charge < -0.3 is 15.1 Å². The Morgan fingerprint density at radius 2 is 1.84 bits per heavy atom. The first-order chi connectivity index (χ1) is 12.3. The summed E-state index contributed by atoms with van der Waals surface area (Å²) in [7, 11) is 0. The summed E-state index contributed by atoms with van der Waals surface area (Å²) in [5, 5.41) is 3.35. The molecule has 0 bridgehead atoms. The fraction of sp³-hybridized carbons (Fsp3) is 0.667. The van der Waals surface area contributed by atoms with Crippen LogP contribution in [-0.4, -0.2) is 48.1 Å². The zero-order valence-corrected chi connectivity index (χ0v) is 15.3. The smallest absolute Gasteiger partial charge is 0.318 e. The van der Waals surface area contributed by atoms with E-state index >= 15 is 0 Å². The maximum Gasteiger partial charge on any atom is 0.318 e. The molecule has 4 nitrogen and oxygen atoms in total. The molecule has 0 radical (unpaired) electrons. The van der Waals surface area contributed by atoms with Crippen molar-refractivity contribution >= 4 is 6.03 Å². The summed E-state index contributed by atoms with van der Waals surface area (Å²) in [4.78, 5) is 17.7. The predicted octanol–water partition coefficient (Wildman–Crippen LogP) is 3.72. The summed E-state index contributed by atoms with van der Waals surface area (Å²) in [6.45, 7) is 4.40. The first kappa shape index (κ1) is 16.9. The molecule has 2 amide bonds. The second kappa shape index (κ2) is 7.77. The van der Waals surface area contributed by atoms with E-state index in [9.17, 15) is 4.79 Å². The average Bonchev–Trinajstić information content (AvgIpc) is 3.11. The van der Waals surface area contributed by atoms with Crippen LogP contribution in [0.3, 0.4) is 0 Å². The number of fused-ring (bicyclic) bond motifs is 1. The van der Waals surface area contributed by atoms with Gasteiger partial charge in [0.25, 0.3) is 0 Å². The summed E-state index contributed by atoms with van der Waals surface area (Å²) in [6, 6.07) is 9.35. The van der Waals surface area contributed by atoms with Gasteiger partial charge in [-0.2, -0.15) is 0 Å². The molecule has 136 valence electrons. The van der Waals surface area contributed by atoms with Crippen LogP contribution in [0, 0.1) is 0 Å². The number of piperidine rings is 1. The van der Waals surface area contributed by atoms with Crippen molar-refractivity contribution in [3.63, 3.8) is 0 Å². The quantitative estimate of drug-likeness (QED) is 0.909. The van der Waals surface area contributed by atoms with Crippen molar-refractivity contribution < 1.29 is 4.79 Å². The molecule has 0 aromatic heterocycles. The zero-order valence-electron chi connectivity index (χ0n) is 15.3. The minimum atomic E-state index is 0.154. The summed E-state index contributed by atoms with van der Waals surface area (Å²) in [5.41, 5.74) is 2.74. The molecule has 1 aliphatic carbocycles. The number of nitrogens with zero attached hydrogens (tertiary/aromatic N) is 2. The highest BCUT2D eigenvalue weighted by atomic mass is 16.2. The van der Waals surface area contributed by atoms with E-state index in [1.165, 1.54) is 49.9 Å². The van der Waals surface area contributed by atoms with Gasteiger partial charge in [-0.1, -0.05) is 30.7 Å². The van der Waals surface area contributed by atoms with Crippen molar-refractivity contribution in [3.05, 3.63) is 35.4 Å². The first-order valence-corrected chi connectivity index (χ1v) is 10.2. The molecule has 1 aromatic carbocycles. The van der Waals surface area contributed by atoms with E-state index in [1.54, 1.807) is 0 Å². The number of nitrogens with one attached hydrogen (secondary N) is 1. The zero-order chi connectivity index (χ0) is 17.1. The number of carbonyl (C=O) groups excluding carboxylic acids is 1. The molecule has 2 fully saturated rings. The molecule has 2 heterocycles. The number of hydrogen-bond donors (Lipinski definition) is 1. The minimum absolute atomic E-state index is 0.154. The molecule has 3 aliphatic rings. The lowest BCUT2D eigenvalue weighted by Crippen LogP contribution is -2.49. The third-order valence-corrected chi connectivity index (χ3v) is 6.22. The highest BCUT2D eigenvalue weighted by Crippen LogP contribution is 2.30. The predicted molar refractivity (Wildman–Crippen MR) is 101 cm³/mol. The standard InChI is InChI=1S/C21H31N3O/c25-21(22-20-12-6-9-17-8-2-3-11-19(17)20)24-15-7-10-18(24)16-23-13-4-1-5-14-23/h2-3,8,11,18,20H,1,4-7,9-10,12-16H2,(H,22,25). The van der Waals surface area contributed by atoms with Gasteiger partial charge in [-0.25, -0.2) is 4.79 Å². The maximum absolute atomic E-state index is 13.0. The van der Waals surface area contributed by atoms with Gasteiger partial charge in [-0.05, 0) is 69.2 Å². The van der Waals surface area contributed by atoms with Crippen LogP contribution in [-0.2, 0) is 6.42 Å². The molecule has 2 aliphatic heterocycles. The molecule has 4 heteroatoms. The van der Waals surface area contributed by atoms with Crippen molar-refractivity contribution in [3.8, 4) is 0 Å². The highest BCUT2D eigenvalue weighted by Gasteiger charge is 2.32. The van der Waals surface area contributed by atoms with E-state index in [0.29, 0.717) is 6.04 Å². The molecule has 0 saturated carbocycles. The van der Waals surface area contributed by atoms with E-state index in [-0.39, 0.29) is 12.1 Å². The molecular weight excluding hydrogens is 310 g/mol. The maximum atomic E-state index is 13.0. The van der Waals surface area contributed by atoms with Crippen LogP contribution in [0.25, 0.3) is 0 Å². The Hall–Kier alpha value is -1.55. The Morgan fingerprint density at radius 1 is 1.00 bits per heavy atom. The second-order valence-electron chi connectivity index (χ2n) is 7.94. The Bertz CT molecular complexity index is 597. The largest absolute Gasteiger partial charge is 0.331 e. The van der Waals surface area contributed by atoms with Crippen molar-refractivity contribution in [1.29, 1.82) is 0 Å². The number of hydrogen-bond acceptors (Lipinski definition) is 2. The molecule has 1 N–H and O–H groups in total. The number of aryl methyl sites for hydroxylation is 1. The van der Waals surface area contributed by atoms with E-state index < -0.39 is 0 Å². The lowest BCUT2D eigenvalue weighted by atomic mass is 9.88. The molecule has 2 unspecified atom stereocenters. The van der Waals surface area contributed by atoms with Gasteiger partial charge >= 0.3 is 6.03 Å². The summed E-state index contributed by atoms with van der Waals surface area (Å²) < 4.78 is 0. The highest BCUT2D eigenvalue weighted by molar-refractivity contribution is 5.75. The van der Waals surface area contributed by atoms with Gasteiger partial charge in [-0.15, -0.1) is 0 Å². The molecule has 4 rings (SSSR count). The number of benzene rings is 1. The normalized spacial score (nSPS) is 27.1. The van der Waals surface area contributed by atoms with Gasteiger partial charge in [0, 0.05) is 19.1 Å². The SMILES string of the molecule is O=C(NC1CCCc2ccccc21)N1CCCC1CN1CCCCC1. The number of urea groups is 1. The molecular formula is C21H31N3O. The topological polar surface area (TPSA) is 35.6 Å². The Balaban J connectivity index is 1.39. The van der Waals surface area contributed by atoms with Crippen LogP contribution in [0.1, 0.15) is 62.1 Å². The molecule has 0 spiro atoms. The summed E-state index contributed by atoms with van der Waals surface area (Å²) in [5.74, 6) is 0. The number of amides is 2. The fourth-order valence-corrected chi connectivity index (χ4v) is 4.87. The molecule has 1 aromatic rings. The number of likely N-dealkylation sites (tertiary alicyclic amines) is 2. The van der Waals surface area contributed by atoms with Crippen molar-refractivity contribution in [2.45, 2.75) is 63.5 Å². The third kappa shape index (κ3) is 3.84. The van der Waals surface area contributed by atoms with Crippen LogP contribution in [0.2, 0.25) is 0 Å². The fourth-order valence-electron chi connectivity index (χ4n) is 4.87. The van der Waals surface area contributed by atoms with Crippen molar-refractivity contribution in [2.24, 2.45) is 0 Å². The number of rotatable bonds is 3. The van der Waals surface area contributed by atoms with E-state index in [1.807, 2.05) is 0 Å². The average molecular weight is 341 g/mol. The Kier molecular flexibility index (Phi) is 5.25. The van der Waals surface area contributed by atoms with Crippen LogP contribution < -0.4 is 5.32 Å². The number of carbonyl (C=O) groups is 1. The van der Waals surface area contributed by atoms with Gasteiger partial charge in [0.2, 0.25) is 0 Å². The summed E-state index contributed by atoms with van der Waals surface area (Å²) in [6.07, 6.45) is 9.68. The molecule has 25 heavy (non-hydrogen) atoms. The lowest BCUT2D eigenvalue weighted by molar-refractivity contribution is 0.151. The van der Waals surface area contributed by atoms with Crippen molar-refractivity contribution in [2.75, 3.05) is 26.2 Å². The van der Waals surface area contributed by atoms with E-state index in [2.05, 4.69) is 39.4 Å². The molecule has 2 saturated heterocycles. The van der Waals surface area contributed by atoms with Gasteiger partial charge in [0.1, 0.15) is 0 Å². The third-order valence-electron chi connectivity index (χ3n) is 6.22. The van der Waals surface area contributed by atoms with E-state index in [4.69, 9.17) is 0 Å². The second-order valence-corrected chi connectivity index (χ2v) is 7.94. The van der Waals surface area contributed by atoms with Crippen LogP contribution in [0.4, 0.5) is 4.79 Å². The Labute approximate surface area is 151 Å². The molecule has 2 atom stereocenters. The minimum Gasteiger partial charge on any atom is -0.331 e. The monoisotopic (exact) mass is 341 g/mol. The van der Waals surface area contributed by atoms with Crippen molar-refractivity contribution in [1.82, 2.24) is 15.1 Å². The van der Waals surface area contributed by atoms with Crippen LogP contribution in [0.15, 0.2) is 24.3 Å². The first-order valence-electron chi connectivity index (χ1n) is 10.2. The lowest BCUT2D eigenvalue weighted by Gasteiger charge is -2.34. The Morgan fingerprint density at radius 3 is 2.72 bits per heavy atom. The van der Waals surface area contributed by atoms with Gasteiger partial charge in [-0.3, -0.25) is 0 Å². The van der Waals surface area contributed by atoms with E-state index in [0.717, 1.165) is 38.8 Å².